The van der Waals surface area contributed by atoms with Crippen molar-refractivity contribution in [2.75, 3.05) is 0 Å². The van der Waals surface area contributed by atoms with Gasteiger partial charge in [0.05, 0.1) is 0 Å². The summed E-state index contributed by atoms with van der Waals surface area (Å²) in [5, 5.41) is 0. The minimum absolute atomic E-state index is 1.32. The van der Waals surface area contributed by atoms with Gasteiger partial charge in [0.25, 0.3) is 0 Å². The van der Waals surface area contributed by atoms with Crippen molar-refractivity contribution in [1.29, 1.82) is 0 Å². The Bertz CT molecular complexity index is 171. The molecule has 0 heterocycles. The molecule has 0 aromatic heterocycles. The van der Waals surface area contributed by atoms with Crippen LogP contribution in [0.5, 0.6) is 0 Å². The second-order valence-corrected chi connectivity index (χ2v) is 2.26. The molecule has 0 radical (unpaired) electrons. The number of rotatable bonds is 1. The molecule has 0 atom stereocenters. The van der Waals surface area contributed by atoms with E-state index in [4.69, 9.17) is 0 Å². The van der Waals surface area contributed by atoms with Crippen molar-refractivity contribution in [3.05, 3.63) is 30.3 Å². The molecule has 0 fully saturated rings. The van der Waals surface area contributed by atoms with Crippen LogP contribution in [0.1, 0.15) is 0 Å². The van der Waals surface area contributed by atoms with E-state index in [0.717, 1.165) is 0 Å². The summed E-state index contributed by atoms with van der Waals surface area (Å²) < 4.78 is 2.17. The van der Waals surface area contributed by atoms with Crippen molar-refractivity contribution in [3.63, 3.8) is 0 Å². The van der Waals surface area contributed by atoms with Gasteiger partial charge < -0.3 is 0 Å². The summed E-state index contributed by atoms with van der Waals surface area (Å²) in [5.74, 6) is 0. The van der Waals surface area contributed by atoms with E-state index < -0.39 is 0 Å². The molecule has 0 nitrogen and oxygen atoms in total. The van der Waals surface area contributed by atoms with Gasteiger partial charge >= 0.3 is 64.2 Å². The van der Waals surface area contributed by atoms with Crippen LogP contribution in [-0.4, -0.2) is 4.37 Å². The fourth-order valence-electron chi connectivity index (χ4n) is 0.549. The number of hydrogen-bond acceptors (Lipinski definition) is 0. The molecule has 0 unspecified atom stereocenters. The van der Waals surface area contributed by atoms with Crippen molar-refractivity contribution in [1.82, 2.24) is 0 Å². The maximum atomic E-state index is 2.17. The van der Waals surface area contributed by atoms with E-state index in [1.165, 1.54) is 29.4 Å². The molecule has 0 saturated heterocycles. The van der Waals surface area contributed by atoms with Gasteiger partial charge in [-0.3, -0.25) is 0 Å². The molecule has 1 rings (SSSR count). The van der Waals surface area contributed by atoms with Crippen molar-refractivity contribution < 1.29 is 24.0 Å². The first kappa shape index (κ1) is 6.29. The standard InChI is InChI=1S/C6H5B.Zr/c7-6-4-2-1-3-5-6;/h1-5H;. The van der Waals surface area contributed by atoms with Crippen molar-refractivity contribution in [2.24, 2.45) is 0 Å². The van der Waals surface area contributed by atoms with Gasteiger partial charge in [-0.15, -0.1) is 0 Å². The van der Waals surface area contributed by atoms with Gasteiger partial charge in [0.15, 0.2) is 0 Å². The van der Waals surface area contributed by atoms with Crippen LogP contribution in [-0.2, 0) is 24.0 Å². The molecule has 0 saturated carbocycles. The third-order valence-corrected chi connectivity index (χ3v) is 1.79. The van der Waals surface area contributed by atoms with Gasteiger partial charge in [0.2, 0.25) is 0 Å². The molecule has 1 aromatic carbocycles. The van der Waals surface area contributed by atoms with Crippen LogP contribution < -0.4 is 5.46 Å². The molecule has 0 spiro atoms. The summed E-state index contributed by atoms with van der Waals surface area (Å²) in [6, 6.07) is 10.3. The zero-order valence-electron chi connectivity index (χ0n) is 4.46. The summed E-state index contributed by atoms with van der Waals surface area (Å²) in [4.78, 5) is 0. The summed E-state index contributed by atoms with van der Waals surface area (Å²) in [6.07, 6.45) is 0. The third kappa shape index (κ3) is 1.59. The quantitative estimate of drug-likeness (QED) is 0.550. The summed E-state index contributed by atoms with van der Waals surface area (Å²) >= 11 is 1.46. The zero-order valence-corrected chi connectivity index (χ0v) is 6.92. The third-order valence-electron chi connectivity index (χ3n) is 0.966. The predicted octanol–water partition coefficient (Wildman–Crippen LogP) is 0.478. The van der Waals surface area contributed by atoms with Crippen molar-refractivity contribution in [2.45, 2.75) is 0 Å². The SMILES string of the molecule is [Zr]=[B]c1ccccc1. The molecule has 0 aliphatic heterocycles. The minimum atomic E-state index is 1.32. The van der Waals surface area contributed by atoms with Crippen LogP contribution in [0.2, 0.25) is 0 Å². The molecular weight excluding hydrogens is 174 g/mol. The Kier molecular flexibility index (Phi) is 2.55. The second kappa shape index (κ2) is 3.24. The van der Waals surface area contributed by atoms with Gasteiger partial charge in [0, 0.05) is 0 Å². The molecule has 8 heavy (non-hydrogen) atoms. The molecule has 0 aliphatic rings. The van der Waals surface area contributed by atoms with Crippen LogP contribution in [0, 0.1) is 0 Å². The first-order valence-electron chi connectivity index (χ1n) is 2.49. The fourth-order valence-corrected chi connectivity index (χ4v) is 1.02. The van der Waals surface area contributed by atoms with Crippen LogP contribution in [0.25, 0.3) is 0 Å². The van der Waals surface area contributed by atoms with E-state index in [0.29, 0.717) is 0 Å². The molecule has 0 amide bonds. The fraction of sp³-hybridized carbons (Fsp3) is 0. The van der Waals surface area contributed by atoms with Gasteiger partial charge in [-0.05, 0) is 0 Å². The maximum absolute atomic E-state index is 2.17. The summed E-state index contributed by atoms with van der Waals surface area (Å²) in [7, 11) is 0. The van der Waals surface area contributed by atoms with Crippen LogP contribution in [0.15, 0.2) is 30.3 Å². The molecule has 1 aromatic rings. The van der Waals surface area contributed by atoms with Gasteiger partial charge in [0.1, 0.15) is 0 Å². The van der Waals surface area contributed by atoms with E-state index in [-0.39, 0.29) is 0 Å². The Labute approximate surface area is 64.1 Å². The van der Waals surface area contributed by atoms with E-state index in [2.05, 4.69) is 28.6 Å². The van der Waals surface area contributed by atoms with Crippen molar-refractivity contribution in [3.8, 4) is 0 Å². The molecule has 0 bridgehead atoms. The van der Waals surface area contributed by atoms with E-state index in [1.807, 2.05) is 6.07 Å². The Hall–Kier alpha value is 0.168. The predicted molar refractivity (Wildman–Crippen MR) is 31.8 cm³/mol. The van der Waals surface area contributed by atoms with Gasteiger partial charge in [-0.25, -0.2) is 0 Å². The zero-order chi connectivity index (χ0) is 5.82. The van der Waals surface area contributed by atoms with Crippen LogP contribution in [0.4, 0.5) is 0 Å². The van der Waals surface area contributed by atoms with Gasteiger partial charge in [-0.2, -0.15) is 0 Å². The topological polar surface area (TPSA) is 0 Å². The van der Waals surface area contributed by atoms with Gasteiger partial charge in [-0.1, -0.05) is 0 Å². The molecular formula is C6H5BZr. The monoisotopic (exact) mass is 178 g/mol. The Balaban J connectivity index is 2.99. The first-order chi connectivity index (χ1) is 3.93. The van der Waals surface area contributed by atoms with Crippen molar-refractivity contribution >= 4 is 9.84 Å². The Morgan fingerprint density at radius 2 is 1.75 bits per heavy atom. The Morgan fingerprint density at radius 1 is 1.12 bits per heavy atom. The van der Waals surface area contributed by atoms with Crippen LogP contribution in [0.3, 0.4) is 0 Å². The second-order valence-electron chi connectivity index (χ2n) is 1.56. The van der Waals surface area contributed by atoms with Crippen LogP contribution >= 0.6 is 0 Å². The molecule has 0 N–H and O–H groups in total. The average molecular weight is 179 g/mol. The number of benzene rings is 1. The summed E-state index contributed by atoms with van der Waals surface area (Å²) in [5.41, 5.74) is 1.32. The van der Waals surface area contributed by atoms with E-state index in [1.54, 1.807) is 0 Å². The Morgan fingerprint density at radius 3 is 2.12 bits per heavy atom. The summed E-state index contributed by atoms with van der Waals surface area (Å²) in [6.45, 7) is 0. The molecule has 36 valence electrons. The van der Waals surface area contributed by atoms with E-state index in [9.17, 15) is 0 Å². The molecule has 0 aliphatic carbocycles. The normalized spacial score (nSPS) is 7.88. The average Bonchev–Trinajstić information content (AvgIpc) is 1.90. The number of hydrogen-bond donors (Lipinski definition) is 0. The molecule has 2 heteroatoms. The first-order valence-corrected chi connectivity index (χ1v) is 3.91. The van der Waals surface area contributed by atoms with E-state index >= 15 is 0 Å².